The number of rotatable bonds is 8. The topological polar surface area (TPSA) is 71.1 Å². The number of esters is 2. The van der Waals surface area contributed by atoms with Gasteiger partial charge in [0.1, 0.15) is 17.6 Å². The molecular formula is C16H20O6. The Bertz CT molecular complexity index is 535. The van der Waals surface area contributed by atoms with Gasteiger partial charge < -0.3 is 18.9 Å². The molecule has 0 radical (unpaired) electrons. The fraction of sp³-hybridized carbons (Fsp3) is 0.375. The standard InChI is InChI=1S/C16H20O6/c1-4-5-10-21-15(17)12-8-6-7-9-13(12)22-14(11-19-2)16(18)20-3/h6-9,11H,4-5,10H2,1-3H3. The van der Waals surface area contributed by atoms with Crippen LogP contribution in [-0.4, -0.2) is 32.8 Å². The van der Waals surface area contributed by atoms with Gasteiger partial charge in [-0.1, -0.05) is 25.5 Å². The van der Waals surface area contributed by atoms with Crippen molar-refractivity contribution in [3.05, 3.63) is 41.9 Å². The molecule has 0 aliphatic carbocycles. The number of hydrogen-bond donors (Lipinski definition) is 0. The molecule has 0 unspecified atom stereocenters. The van der Waals surface area contributed by atoms with E-state index >= 15 is 0 Å². The van der Waals surface area contributed by atoms with Gasteiger partial charge in [-0.2, -0.15) is 0 Å². The second kappa shape index (κ2) is 9.44. The third kappa shape index (κ3) is 5.12. The third-order valence-electron chi connectivity index (χ3n) is 2.67. The van der Waals surface area contributed by atoms with Crippen LogP contribution in [0.5, 0.6) is 5.75 Å². The molecule has 1 aromatic carbocycles. The molecule has 0 heterocycles. The fourth-order valence-electron chi connectivity index (χ4n) is 1.55. The Balaban J connectivity index is 2.93. The number of methoxy groups -OCH3 is 2. The van der Waals surface area contributed by atoms with Crippen molar-refractivity contribution in [1.29, 1.82) is 0 Å². The Labute approximate surface area is 129 Å². The van der Waals surface area contributed by atoms with Crippen molar-refractivity contribution in [2.75, 3.05) is 20.8 Å². The lowest BCUT2D eigenvalue weighted by Crippen LogP contribution is -2.14. The van der Waals surface area contributed by atoms with E-state index in [0.717, 1.165) is 19.1 Å². The summed E-state index contributed by atoms with van der Waals surface area (Å²) in [5.74, 6) is -1.20. The molecular weight excluding hydrogens is 288 g/mol. The Hall–Kier alpha value is -2.50. The highest BCUT2D eigenvalue weighted by atomic mass is 16.6. The first kappa shape index (κ1) is 17.6. The van der Waals surface area contributed by atoms with Gasteiger partial charge in [-0.25, -0.2) is 9.59 Å². The van der Waals surface area contributed by atoms with Crippen molar-refractivity contribution < 1.29 is 28.5 Å². The number of carbonyl (C=O) groups is 2. The van der Waals surface area contributed by atoms with Crippen LogP contribution < -0.4 is 4.74 Å². The second-order valence-electron chi connectivity index (χ2n) is 4.30. The molecule has 0 saturated carbocycles. The van der Waals surface area contributed by atoms with E-state index in [4.69, 9.17) is 14.2 Å². The number of benzene rings is 1. The SMILES string of the molecule is CCCCOC(=O)c1ccccc1OC(=COC)C(=O)OC. The molecule has 0 atom stereocenters. The maximum absolute atomic E-state index is 12.0. The molecule has 6 nitrogen and oxygen atoms in total. The summed E-state index contributed by atoms with van der Waals surface area (Å²) < 4.78 is 19.9. The quantitative estimate of drug-likeness (QED) is 0.318. The molecule has 6 heteroatoms. The zero-order valence-electron chi connectivity index (χ0n) is 13.0. The minimum absolute atomic E-state index is 0.168. The monoisotopic (exact) mass is 308 g/mol. The average molecular weight is 308 g/mol. The molecule has 0 bridgehead atoms. The van der Waals surface area contributed by atoms with Gasteiger partial charge in [-0.05, 0) is 18.6 Å². The van der Waals surface area contributed by atoms with E-state index in [0.29, 0.717) is 6.61 Å². The molecule has 22 heavy (non-hydrogen) atoms. The van der Waals surface area contributed by atoms with Crippen molar-refractivity contribution in [3.63, 3.8) is 0 Å². The molecule has 120 valence electrons. The normalized spacial score (nSPS) is 10.8. The summed E-state index contributed by atoms with van der Waals surface area (Å²) in [4.78, 5) is 23.6. The molecule has 0 saturated heterocycles. The van der Waals surface area contributed by atoms with Crippen molar-refractivity contribution in [2.24, 2.45) is 0 Å². The van der Waals surface area contributed by atoms with Gasteiger partial charge >= 0.3 is 11.9 Å². The zero-order chi connectivity index (χ0) is 16.4. The van der Waals surface area contributed by atoms with Crippen LogP contribution in [-0.2, 0) is 19.0 Å². The molecule has 0 aliphatic heterocycles. The van der Waals surface area contributed by atoms with E-state index in [1.165, 1.54) is 14.2 Å². The van der Waals surface area contributed by atoms with E-state index in [-0.39, 0.29) is 17.1 Å². The van der Waals surface area contributed by atoms with E-state index in [1.54, 1.807) is 24.3 Å². The van der Waals surface area contributed by atoms with Crippen LogP contribution in [0.3, 0.4) is 0 Å². The van der Waals surface area contributed by atoms with Gasteiger partial charge in [0.15, 0.2) is 0 Å². The van der Waals surface area contributed by atoms with Crippen LogP contribution in [0, 0.1) is 0 Å². The van der Waals surface area contributed by atoms with Gasteiger partial charge in [0.2, 0.25) is 5.76 Å². The molecule has 1 rings (SSSR count). The second-order valence-corrected chi connectivity index (χ2v) is 4.30. The van der Waals surface area contributed by atoms with E-state index in [2.05, 4.69) is 4.74 Å². The average Bonchev–Trinajstić information content (AvgIpc) is 2.54. The van der Waals surface area contributed by atoms with Gasteiger partial charge in [-0.15, -0.1) is 0 Å². The lowest BCUT2D eigenvalue weighted by Gasteiger charge is -2.11. The Morgan fingerprint density at radius 1 is 1.18 bits per heavy atom. The highest BCUT2D eigenvalue weighted by Gasteiger charge is 2.19. The predicted molar refractivity (Wildman–Crippen MR) is 79.4 cm³/mol. The first-order valence-electron chi connectivity index (χ1n) is 6.89. The van der Waals surface area contributed by atoms with Crippen LogP contribution in [0.4, 0.5) is 0 Å². The Morgan fingerprint density at radius 3 is 2.55 bits per heavy atom. The summed E-state index contributed by atoms with van der Waals surface area (Å²) in [5, 5.41) is 0. The van der Waals surface area contributed by atoms with Gasteiger partial charge in [0.25, 0.3) is 0 Å². The fourth-order valence-corrected chi connectivity index (χ4v) is 1.55. The Kier molecular flexibility index (Phi) is 7.53. The highest BCUT2D eigenvalue weighted by Crippen LogP contribution is 2.22. The minimum atomic E-state index is -0.712. The first-order valence-corrected chi connectivity index (χ1v) is 6.89. The summed E-state index contributed by atoms with van der Waals surface area (Å²) in [6.45, 7) is 2.34. The molecule has 0 fully saturated rings. The maximum Gasteiger partial charge on any atom is 0.377 e. The number of hydrogen-bond acceptors (Lipinski definition) is 6. The van der Waals surface area contributed by atoms with Crippen molar-refractivity contribution in [2.45, 2.75) is 19.8 Å². The largest absolute Gasteiger partial charge is 0.500 e. The van der Waals surface area contributed by atoms with Crippen LogP contribution in [0.15, 0.2) is 36.3 Å². The van der Waals surface area contributed by atoms with E-state index in [9.17, 15) is 9.59 Å². The summed E-state index contributed by atoms with van der Waals surface area (Å²) in [5.41, 5.74) is 0.226. The molecule has 0 amide bonds. The van der Waals surface area contributed by atoms with Crippen LogP contribution in [0.1, 0.15) is 30.1 Å². The first-order chi connectivity index (χ1) is 10.6. The molecule has 1 aromatic rings. The number of carbonyl (C=O) groups excluding carboxylic acids is 2. The van der Waals surface area contributed by atoms with Gasteiger partial charge in [-0.3, -0.25) is 0 Å². The molecule has 0 spiro atoms. The van der Waals surface area contributed by atoms with E-state index in [1.807, 2.05) is 6.92 Å². The lowest BCUT2D eigenvalue weighted by molar-refractivity contribution is -0.138. The molecule has 0 aliphatic rings. The van der Waals surface area contributed by atoms with E-state index < -0.39 is 11.9 Å². The van der Waals surface area contributed by atoms with Crippen LogP contribution in [0.25, 0.3) is 0 Å². The van der Waals surface area contributed by atoms with Crippen LogP contribution in [0.2, 0.25) is 0 Å². The van der Waals surface area contributed by atoms with Gasteiger partial charge in [0, 0.05) is 0 Å². The molecule has 0 aromatic heterocycles. The van der Waals surface area contributed by atoms with Crippen molar-refractivity contribution >= 4 is 11.9 Å². The molecule has 0 N–H and O–H groups in total. The number of unbranched alkanes of at least 4 members (excludes halogenated alkanes) is 1. The summed E-state index contributed by atoms with van der Waals surface area (Å²) in [6.07, 6.45) is 2.81. The highest BCUT2D eigenvalue weighted by molar-refractivity contribution is 5.93. The smallest absolute Gasteiger partial charge is 0.377 e. The van der Waals surface area contributed by atoms with Crippen LogP contribution >= 0.6 is 0 Å². The maximum atomic E-state index is 12.0. The number of para-hydroxylation sites is 1. The summed E-state index contributed by atoms with van der Waals surface area (Å²) in [6, 6.07) is 6.48. The Morgan fingerprint density at radius 2 is 1.91 bits per heavy atom. The number of ether oxygens (including phenoxy) is 4. The van der Waals surface area contributed by atoms with Crippen molar-refractivity contribution in [1.82, 2.24) is 0 Å². The minimum Gasteiger partial charge on any atom is -0.500 e. The predicted octanol–water partition coefficient (Wildman–Crippen LogP) is 2.68. The third-order valence-corrected chi connectivity index (χ3v) is 2.67. The lowest BCUT2D eigenvalue weighted by atomic mass is 10.2. The summed E-state index contributed by atoms with van der Waals surface area (Å²) >= 11 is 0. The zero-order valence-corrected chi connectivity index (χ0v) is 13.0. The van der Waals surface area contributed by atoms with Gasteiger partial charge in [0.05, 0.1) is 20.8 Å². The van der Waals surface area contributed by atoms with Crippen molar-refractivity contribution in [3.8, 4) is 5.75 Å². The summed E-state index contributed by atoms with van der Waals surface area (Å²) in [7, 11) is 2.59.